The van der Waals surface area contributed by atoms with Gasteiger partial charge in [-0.3, -0.25) is 14.5 Å². The van der Waals surface area contributed by atoms with E-state index in [0.29, 0.717) is 22.5 Å². The number of halogens is 1. The summed E-state index contributed by atoms with van der Waals surface area (Å²) in [6, 6.07) is 14.5. The van der Waals surface area contributed by atoms with Gasteiger partial charge in [-0.25, -0.2) is 0 Å². The lowest BCUT2D eigenvalue weighted by Gasteiger charge is -2.28. The number of aryl methyl sites for hydroxylation is 1. The number of carbonyl (C=O) groups excluding carboxylic acids is 1. The van der Waals surface area contributed by atoms with E-state index < -0.39 is 5.91 Å². The molecule has 2 aromatic carbocycles. The SMILES string of the molecule is CCc1ccc2oc(C(=O)NC[C@H](c3ccccc3Cl)N3CCCC3)cc(=O)c2c1. The summed E-state index contributed by atoms with van der Waals surface area (Å²) in [7, 11) is 0. The topological polar surface area (TPSA) is 62.6 Å². The van der Waals surface area contributed by atoms with E-state index in [2.05, 4.69) is 10.2 Å². The maximum Gasteiger partial charge on any atom is 0.287 e. The third-order valence-electron chi connectivity index (χ3n) is 5.73. The van der Waals surface area contributed by atoms with E-state index in [4.69, 9.17) is 16.0 Å². The van der Waals surface area contributed by atoms with Crippen LogP contribution >= 0.6 is 11.6 Å². The van der Waals surface area contributed by atoms with Crippen molar-refractivity contribution >= 4 is 28.5 Å². The van der Waals surface area contributed by atoms with Crippen molar-refractivity contribution < 1.29 is 9.21 Å². The van der Waals surface area contributed by atoms with Crippen molar-refractivity contribution in [3.05, 3.63) is 80.7 Å². The quantitative estimate of drug-likeness (QED) is 0.629. The lowest BCUT2D eigenvalue weighted by Crippen LogP contribution is -2.37. The predicted octanol–water partition coefficient (Wildman–Crippen LogP) is 4.58. The maximum atomic E-state index is 12.8. The van der Waals surface area contributed by atoms with Crippen LogP contribution in [0.4, 0.5) is 0 Å². The van der Waals surface area contributed by atoms with Crippen molar-refractivity contribution in [1.29, 1.82) is 0 Å². The monoisotopic (exact) mass is 424 g/mol. The first-order valence-electron chi connectivity index (χ1n) is 10.4. The van der Waals surface area contributed by atoms with Crippen LogP contribution < -0.4 is 10.7 Å². The molecule has 0 saturated carbocycles. The Morgan fingerprint density at radius 2 is 1.93 bits per heavy atom. The molecule has 1 amide bonds. The van der Waals surface area contributed by atoms with Gasteiger partial charge in [0, 0.05) is 17.6 Å². The fraction of sp³-hybridized carbons (Fsp3) is 0.333. The van der Waals surface area contributed by atoms with Gasteiger partial charge in [0.1, 0.15) is 5.58 Å². The molecule has 5 nitrogen and oxygen atoms in total. The molecule has 3 aromatic rings. The van der Waals surface area contributed by atoms with Crippen LogP contribution in [0.3, 0.4) is 0 Å². The second-order valence-electron chi connectivity index (χ2n) is 7.65. The third-order valence-corrected chi connectivity index (χ3v) is 6.07. The second-order valence-corrected chi connectivity index (χ2v) is 8.06. The minimum absolute atomic E-state index is 0.0237. The zero-order valence-electron chi connectivity index (χ0n) is 17.0. The first kappa shape index (κ1) is 20.6. The Labute approximate surface area is 180 Å². The van der Waals surface area contributed by atoms with Crippen LogP contribution in [0, 0.1) is 0 Å². The summed E-state index contributed by atoms with van der Waals surface area (Å²) in [5, 5.41) is 4.13. The molecule has 1 aliphatic rings. The number of benzene rings is 2. The van der Waals surface area contributed by atoms with Crippen LogP contribution in [-0.2, 0) is 6.42 Å². The average molecular weight is 425 g/mol. The number of amides is 1. The van der Waals surface area contributed by atoms with Gasteiger partial charge < -0.3 is 9.73 Å². The van der Waals surface area contributed by atoms with E-state index in [1.54, 1.807) is 6.07 Å². The Kier molecular flexibility index (Phi) is 6.21. The van der Waals surface area contributed by atoms with Gasteiger partial charge in [0.25, 0.3) is 5.91 Å². The number of rotatable bonds is 6. The summed E-state index contributed by atoms with van der Waals surface area (Å²) in [5.41, 5.74) is 2.26. The molecule has 0 aliphatic carbocycles. The summed E-state index contributed by atoms with van der Waals surface area (Å²) in [6.45, 7) is 4.35. The molecule has 0 bridgehead atoms. The van der Waals surface area contributed by atoms with Gasteiger partial charge in [0.05, 0.1) is 11.4 Å². The molecule has 1 N–H and O–H groups in total. The largest absolute Gasteiger partial charge is 0.451 e. The number of likely N-dealkylation sites (tertiary alicyclic amines) is 1. The second kappa shape index (κ2) is 9.02. The van der Waals surface area contributed by atoms with Gasteiger partial charge in [0.15, 0.2) is 11.2 Å². The fourth-order valence-electron chi connectivity index (χ4n) is 4.05. The molecule has 1 atom stereocenters. The molecule has 0 unspecified atom stereocenters. The van der Waals surface area contributed by atoms with Crippen LogP contribution in [-0.4, -0.2) is 30.4 Å². The van der Waals surface area contributed by atoms with Crippen molar-refractivity contribution in [2.45, 2.75) is 32.2 Å². The van der Waals surface area contributed by atoms with E-state index in [-0.39, 0.29) is 17.2 Å². The molecule has 30 heavy (non-hydrogen) atoms. The van der Waals surface area contributed by atoms with Gasteiger partial charge in [-0.2, -0.15) is 0 Å². The number of carbonyl (C=O) groups is 1. The maximum absolute atomic E-state index is 12.8. The summed E-state index contributed by atoms with van der Waals surface area (Å²) >= 11 is 6.44. The molecule has 156 valence electrons. The first-order valence-corrected chi connectivity index (χ1v) is 10.8. The van der Waals surface area contributed by atoms with Crippen LogP contribution in [0.2, 0.25) is 5.02 Å². The smallest absolute Gasteiger partial charge is 0.287 e. The van der Waals surface area contributed by atoms with E-state index in [9.17, 15) is 9.59 Å². The molecular weight excluding hydrogens is 400 g/mol. The highest BCUT2D eigenvalue weighted by Crippen LogP contribution is 2.29. The van der Waals surface area contributed by atoms with Gasteiger partial charge >= 0.3 is 0 Å². The number of nitrogens with one attached hydrogen (secondary N) is 1. The Hall–Kier alpha value is -2.63. The molecule has 1 saturated heterocycles. The first-order chi connectivity index (χ1) is 14.6. The van der Waals surface area contributed by atoms with Crippen molar-refractivity contribution in [3.8, 4) is 0 Å². The van der Waals surface area contributed by atoms with E-state index in [1.165, 1.54) is 6.07 Å². The molecule has 1 fully saturated rings. The molecule has 0 radical (unpaired) electrons. The molecule has 6 heteroatoms. The van der Waals surface area contributed by atoms with Crippen molar-refractivity contribution in [3.63, 3.8) is 0 Å². The summed E-state index contributed by atoms with van der Waals surface area (Å²) in [6.07, 6.45) is 3.10. The van der Waals surface area contributed by atoms with Gasteiger partial charge in [0.2, 0.25) is 0 Å². The predicted molar refractivity (Wildman–Crippen MR) is 119 cm³/mol. The lowest BCUT2D eigenvalue weighted by atomic mass is 10.1. The zero-order chi connectivity index (χ0) is 21.1. The fourth-order valence-corrected chi connectivity index (χ4v) is 4.31. The molecule has 2 heterocycles. The molecule has 4 rings (SSSR count). The summed E-state index contributed by atoms with van der Waals surface area (Å²) in [5.74, 6) is -0.374. The highest BCUT2D eigenvalue weighted by Gasteiger charge is 2.26. The lowest BCUT2D eigenvalue weighted by molar-refractivity contribution is 0.0910. The minimum Gasteiger partial charge on any atom is -0.451 e. The minimum atomic E-state index is -0.398. The van der Waals surface area contributed by atoms with Gasteiger partial charge in [-0.15, -0.1) is 0 Å². The van der Waals surface area contributed by atoms with E-state index in [0.717, 1.165) is 43.5 Å². The standard InChI is InChI=1S/C24H25ClN2O3/c1-2-16-9-10-22-18(13-16)21(28)14-23(30-22)24(29)26-15-20(27-11-5-6-12-27)17-7-3-4-8-19(17)25/h3-4,7-10,13-14,20H,2,5-6,11-12,15H2,1H3,(H,26,29)/t20-/m1/s1. The van der Waals surface area contributed by atoms with E-state index in [1.807, 2.05) is 43.3 Å². The number of fused-ring (bicyclic) bond motifs is 1. The van der Waals surface area contributed by atoms with Crippen molar-refractivity contribution in [1.82, 2.24) is 10.2 Å². The van der Waals surface area contributed by atoms with Crippen molar-refractivity contribution in [2.24, 2.45) is 0 Å². The summed E-state index contributed by atoms with van der Waals surface area (Å²) in [4.78, 5) is 27.7. The Morgan fingerprint density at radius 1 is 1.17 bits per heavy atom. The van der Waals surface area contributed by atoms with Crippen LogP contribution in [0.15, 0.2) is 57.7 Å². The Bertz CT molecular complexity index is 1120. The highest BCUT2D eigenvalue weighted by molar-refractivity contribution is 6.31. The number of nitrogens with zero attached hydrogens (tertiary/aromatic N) is 1. The van der Waals surface area contributed by atoms with Crippen LogP contribution in [0.1, 0.15) is 47.5 Å². The van der Waals surface area contributed by atoms with Gasteiger partial charge in [-0.1, -0.05) is 42.8 Å². The average Bonchev–Trinajstić information content (AvgIpc) is 3.29. The molecule has 1 aromatic heterocycles. The Morgan fingerprint density at radius 3 is 2.67 bits per heavy atom. The van der Waals surface area contributed by atoms with Gasteiger partial charge in [-0.05, 0) is 61.7 Å². The van der Waals surface area contributed by atoms with Crippen LogP contribution in [0.5, 0.6) is 0 Å². The molecular formula is C24H25ClN2O3. The zero-order valence-corrected chi connectivity index (χ0v) is 17.7. The molecule has 0 spiro atoms. The summed E-state index contributed by atoms with van der Waals surface area (Å²) < 4.78 is 5.74. The van der Waals surface area contributed by atoms with Crippen molar-refractivity contribution in [2.75, 3.05) is 19.6 Å². The molecule has 1 aliphatic heterocycles. The Balaban J connectivity index is 1.56. The number of hydrogen-bond donors (Lipinski definition) is 1. The number of hydrogen-bond acceptors (Lipinski definition) is 4. The third kappa shape index (κ3) is 4.27. The normalized spacial score (nSPS) is 15.4. The van der Waals surface area contributed by atoms with Crippen LogP contribution in [0.25, 0.3) is 11.0 Å². The van der Waals surface area contributed by atoms with E-state index >= 15 is 0 Å². The highest BCUT2D eigenvalue weighted by atomic mass is 35.5.